The van der Waals surface area contributed by atoms with Gasteiger partial charge in [0.05, 0.1) is 6.42 Å². The number of aromatic nitrogens is 2. The van der Waals surface area contributed by atoms with Crippen LogP contribution in [-0.4, -0.2) is 45.6 Å². The molecule has 0 saturated carbocycles. The molecule has 1 aromatic rings. The fourth-order valence-electron chi connectivity index (χ4n) is 2.85. The first-order valence-corrected chi connectivity index (χ1v) is 7.95. The van der Waals surface area contributed by atoms with Crippen LogP contribution >= 0.6 is 0 Å². The molecule has 2 aliphatic rings. The maximum absolute atomic E-state index is 12.1. The lowest BCUT2D eigenvalue weighted by Gasteiger charge is -2.32. The Morgan fingerprint density at radius 3 is 2.70 bits per heavy atom. The van der Waals surface area contributed by atoms with Crippen LogP contribution in [0.25, 0.3) is 0 Å². The lowest BCUT2D eigenvalue weighted by molar-refractivity contribution is -0.115. The van der Waals surface area contributed by atoms with Crippen LogP contribution in [-0.2, 0) is 16.0 Å². The van der Waals surface area contributed by atoms with E-state index < -0.39 is 5.60 Å². The molecule has 2 aliphatic heterocycles. The molecule has 0 atom stereocenters. The predicted octanol–water partition coefficient (Wildman–Crippen LogP) is 2.09. The molecule has 0 unspecified atom stereocenters. The second-order valence-electron chi connectivity index (χ2n) is 7.07. The van der Waals surface area contributed by atoms with E-state index in [4.69, 9.17) is 4.74 Å². The van der Waals surface area contributed by atoms with Crippen molar-refractivity contribution in [1.29, 1.82) is 0 Å². The normalized spacial score (nSPS) is 18.6. The van der Waals surface area contributed by atoms with E-state index in [-0.39, 0.29) is 17.9 Å². The first-order valence-electron chi connectivity index (χ1n) is 7.95. The monoisotopic (exact) mass is 318 g/mol. The van der Waals surface area contributed by atoms with Gasteiger partial charge >= 0.3 is 6.09 Å². The molecule has 7 heteroatoms. The van der Waals surface area contributed by atoms with Gasteiger partial charge in [-0.2, -0.15) is 0 Å². The number of likely N-dealkylation sites (tertiary alicyclic amines) is 1. The smallest absolute Gasteiger partial charge is 0.410 e. The highest BCUT2D eigenvalue weighted by molar-refractivity contribution is 5.97. The number of anilines is 1. The lowest BCUT2D eigenvalue weighted by atomic mass is 9.96. The number of nitrogens with zero attached hydrogens (tertiary/aromatic N) is 3. The summed E-state index contributed by atoms with van der Waals surface area (Å²) in [6, 6.07) is 0. The Labute approximate surface area is 135 Å². The summed E-state index contributed by atoms with van der Waals surface area (Å²) >= 11 is 0. The van der Waals surface area contributed by atoms with Crippen molar-refractivity contribution in [2.24, 2.45) is 0 Å². The highest BCUT2D eigenvalue weighted by Crippen LogP contribution is 2.29. The van der Waals surface area contributed by atoms with Crippen LogP contribution in [0.1, 0.15) is 50.9 Å². The Balaban J connectivity index is 1.60. The molecule has 7 nitrogen and oxygen atoms in total. The van der Waals surface area contributed by atoms with Gasteiger partial charge in [-0.25, -0.2) is 14.8 Å². The van der Waals surface area contributed by atoms with Crippen LogP contribution in [0.4, 0.5) is 10.6 Å². The minimum absolute atomic E-state index is 0.0359. The molecule has 23 heavy (non-hydrogen) atoms. The summed E-state index contributed by atoms with van der Waals surface area (Å²) in [5.74, 6) is 1.55. The van der Waals surface area contributed by atoms with Gasteiger partial charge in [-0.3, -0.25) is 4.79 Å². The zero-order valence-electron chi connectivity index (χ0n) is 13.8. The summed E-state index contributed by atoms with van der Waals surface area (Å²) in [6.45, 7) is 6.86. The maximum atomic E-state index is 12.1. The molecule has 1 N–H and O–H groups in total. The third-order valence-electron chi connectivity index (χ3n) is 4.00. The van der Waals surface area contributed by atoms with Gasteiger partial charge in [0.15, 0.2) is 0 Å². The molecule has 0 spiro atoms. The largest absolute Gasteiger partial charge is 0.444 e. The number of carbonyl (C=O) groups excluding carboxylic acids is 2. The zero-order valence-corrected chi connectivity index (χ0v) is 13.8. The highest BCUT2D eigenvalue weighted by atomic mass is 16.6. The van der Waals surface area contributed by atoms with E-state index in [1.165, 1.54) is 0 Å². The van der Waals surface area contributed by atoms with Gasteiger partial charge < -0.3 is 15.0 Å². The Kier molecular flexibility index (Phi) is 3.95. The molecule has 2 amide bonds. The maximum Gasteiger partial charge on any atom is 0.410 e. The van der Waals surface area contributed by atoms with Gasteiger partial charge in [-0.1, -0.05) is 0 Å². The number of piperidine rings is 1. The van der Waals surface area contributed by atoms with E-state index in [1.807, 2.05) is 20.8 Å². The molecule has 0 aromatic carbocycles. The average molecular weight is 318 g/mol. The van der Waals surface area contributed by atoms with Crippen molar-refractivity contribution >= 4 is 17.8 Å². The summed E-state index contributed by atoms with van der Waals surface area (Å²) in [4.78, 5) is 34.1. The molecule has 1 aromatic heterocycles. The number of amides is 2. The van der Waals surface area contributed by atoms with Crippen LogP contribution in [0, 0.1) is 0 Å². The minimum Gasteiger partial charge on any atom is -0.444 e. The molecule has 124 valence electrons. The van der Waals surface area contributed by atoms with Gasteiger partial charge in [0.2, 0.25) is 5.91 Å². The molecule has 1 saturated heterocycles. The molecule has 0 radical (unpaired) electrons. The highest BCUT2D eigenvalue weighted by Gasteiger charge is 2.29. The van der Waals surface area contributed by atoms with E-state index in [0.717, 1.165) is 24.2 Å². The molecule has 1 fully saturated rings. The molecule has 3 heterocycles. The van der Waals surface area contributed by atoms with Gasteiger partial charge in [0, 0.05) is 30.8 Å². The fraction of sp³-hybridized carbons (Fsp3) is 0.625. The SMILES string of the molecule is CC(C)(C)OC(=O)N1CCC(c2ncc3c(n2)NC(=O)C3)CC1. The van der Waals surface area contributed by atoms with Crippen LogP contribution in [0.15, 0.2) is 6.20 Å². The first kappa shape index (κ1) is 15.7. The molecular weight excluding hydrogens is 296 g/mol. The van der Waals surface area contributed by atoms with Crippen LogP contribution in [0.5, 0.6) is 0 Å². The second kappa shape index (κ2) is 5.79. The van der Waals surface area contributed by atoms with Crippen LogP contribution in [0.3, 0.4) is 0 Å². The van der Waals surface area contributed by atoms with Gasteiger partial charge in [0.1, 0.15) is 17.2 Å². The van der Waals surface area contributed by atoms with Crippen molar-refractivity contribution in [3.05, 3.63) is 17.6 Å². The average Bonchev–Trinajstić information content (AvgIpc) is 2.84. The Bertz CT molecular complexity index is 631. The molecule has 3 rings (SSSR count). The summed E-state index contributed by atoms with van der Waals surface area (Å²) in [6.07, 6.45) is 3.42. The van der Waals surface area contributed by atoms with E-state index in [9.17, 15) is 9.59 Å². The minimum atomic E-state index is -0.477. The van der Waals surface area contributed by atoms with Gasteiger partial charge in [-0.15, -0.1) is 0 Å². The number of carbonyl (C=O) groups is 2. The summed E-state index contributed by atoms with van der Waals surface area (Å²) in [5, 5.41) is 2.76. The second-order valence-corrected chi connectivity index (χ2v) is 7.07. The predicted molar refractivity (Wildman–Crippen MR) is 84.1 cm³/mol. The van der Waals surface area contributed by atoms with E-state index in [2.05, 4.69) is 15.3 Å². The lowest BCUT2D eigenvalue weighted by Crippen LogP contribution is -2.41. The number of ether oxygens (including phenoxy) is 1. The summed E-state index contributed by atoms with van der Waals surface area (Å²) in [5.41, 5.74) is 0.375. The van der Waals surface area contributed by atoms with E-state index >= 15 is 0 Å². The van der Waals surface area contributed by atoms with Crippen molar-refractivity contribution in [3.63, 3.8) is 0 Å². The Morgan fingerprint density at radius 1 is 1.35 bits per heavy atom. The number of nitrogens with one attached hydrogen (secondary N) is 1. The van der Waals surface area contributed by atoms with Crippen LogP contribution in [0.2, 0.25) is 0 Å². The molecule has 0 bridgehead atoms. The quantitative estimate of drug-likeness (QED) is 0.857. The standard InChI is InChI=1S/C16H22N4O3/c1-16(2,3)23-15(22)20-6-4-10(5-7-20)13-17-9-11-8-12(21)18-14(11)19-13/h9-10H,4-8H2,1-3H3,(H,17,18,19,21). The number of fused-ring (bicyclic) bond motifs is 1. The molecular formula is C16H22N4O3. The third-order valence-corrected chi connectivity index (χ3v) is 4.00. The number of hydrogen-bond donors (Lipinski definition) is 1. The third kappa shape index (κ3) is 3.60. The Morgan fingerprint density at radius 2 is 2.04 bits per heavy atom. The van der Waals surface area contributed by atoms with E-state index in [0.29, 0.717) is 25.3 Å². The zero-order chi connectivity index (χ0) is 16.6. The first-order chi connectivity index (χ1) is 10.8. The number of hydrogen-bond acceptors (Lipinski definition) is 5. The fourth-order valence-corrected chi connectivity index (χ4v) is 2.85. The summed E-state index contributed by atoms with van der Waals surface area (Å²) < 4.78 is 5.40. The molecule has 0 aliphatic carbocycles. The van der Waals surface area contributed by atoms with Crippen molar-refractivity contribution in [2.45, 2.75) is 51.6 Å². The van der Waals surface area contributed by atoms with Gasteiger partial charge in [0.25, 0.3) is 0 Å². The van der Waals surface area contributed by atoms with E-state index in [1.54, 1.807) is 11.1 Å². The van der Waals surface area contributed by atoms with Gasteiger partial charge in [-0.05, 0) is 33.6 Å². The van der Waals surface area contributed by atoms with Crippen molar-refractivity contribution in [2.75, 3.05) is 18.4 Å². The summed E-state index contributed by atoms with van der Waals surface area (Å²) in [7, 11) is 0. The topological polar surface area (TPSA) is 84.4 Å². The Hall–Kier alpha value is -2.18. The van der Waals surface area contributed by atoms with Crippen molar-refractivity contribution in [1.82, 2.24) is 14.9 Å². The van der Waals surface area contributed by atoms with Crippen molar-refractivity contribution in [3.8, 4) is 0 Å². The number of rotatable bonds is 1. The van der Waals surface area contributed by atoms with Crippen LogP contribution < -0.4 is 5.32 Å². The van der Waals surface area contributed by atoms with Crippen molar-refractivity contribution < 1.29 is 14.3 Å².